The zero-order chi connectivity index (χ0) is 12.6. The van der Waals surface area contributed by atoms with E-state index in [2.05, 4.69) is 0 Å². The Morgan fingerprint density at radius 3 is 2.59 bits per heavy atom. The molecule has 0 saturated heterocycles. The number of aliphatic hydroxyl groups is 1. The molecule has 1 atom stereocenters. The molecule has 1 aliphatic heterocycles. The van der Waals surface area contributed by atoms with E-state index < -0.39 is 11.6 Å². The van der Waals surface area contributed by atoms with Gasteiger partial charge in [-0.3, -0.25) is 0 Å². The molecule has 0 saturated carbocycles. The maximum absolute atomic E-state index is 13.6. The number of benzene rings is 1. The van der Waals surface area contributed by atoms with Crippen LogP contribution in [0.5, 0.6) is 0 Å². The van der Waals surface area contributed by atoms with Crippen LogP contribution in [0.1, 0.15) is 13.8 Å². The van der Waals surface area contributed by atoms with Gasteiger partial charge in [-0.2, -0.15) is 0 Å². The first-order valence-corrected chi connectivity index (χ1v) is 5.32. The number of rotatable bonds is 1. The zero-order valence-corrected chi connectivity index (χ0v) is 9.61. The average molecular weight is 237 g/mol. The van der Waals surface area contributed by atoms with E-state index in [1.165, 1.54) is 12.1 Å². The second-order valence-electron chi connectivity index (χ2n) is 4.04. The topological polar surface area (TPSA) is 23.5 Å². The average Bonchev–Trinajstić information content (AvgIpc) is 2.60. The van der Waals surface area contributed by atoms with Crippen molar-refractivity contribution in [3.05, 3.63) is 53.4 Å². The molecule has 1 heterocycles. The Labute approximate surface area is 98.5 Å². The number of halogens is 2. The summed E-state index contributed by atoms with van der Waals surface area (Å²) in [5.41, 5.74) is 1.03. The number of hydrogen-bond donors (Lipinski definition) is 1. The Bertz CT molecular complexity index is 504. The molecule has 1 aromatic rings. The highest BCUT2D eigenvalue weighted by atomic mass is 19.1. The van der Waals surface area contributed by atoms with E-state index in [1.54, 1.807) is 24.1 Å². The van der Waals surface area contributed by atoms with Crippen LogP contribution in [0, 0.1) is 11.6 Å². The van der Waals surface area contributed by atoms with Crippen molar-refractivity contribution < 1.29 is 13.9 Å². The van der Waals surface area contributed by atoms with Crippen molar-refractivity contribution in [3.63, 3.8) is 0 Å². The van der Waals surface area contributed by atoms with Gasteiger partial charge in [0, 0.05) is 17.8 Å². The molecule has 90 valence electrons. The summed E-state index contributed by atoms with van der Waals surface area (Å²) in [6.07, 6.45) is 3.40. The first-order valence-electron chi connectivity index (χ1n) is 5.32. The van der Waals surface area contributed by atoms with E-state index in [0.29, 0.717) is 5.69 Å². The van der Waals surface area contributed by atoms with Crippen molar-refractivity contribution in [1.82, 2.24) is 0 Å². The van der Waals surface area contributed by atoms with Crippen LogP contribution in [-0.4, -0.2) is 11.1 Å². The van der Waals surface area contributed by atoms with E-state index in [9.17, 15) is 13.9 Å². The van der Waals surface area contributed by atoms with Crippen LogP contribution in [0.4, 0.5) is 14.5 Å². The summed E-state index contributed by atoms with van der Waals surface area (Å²) in [6, 6.07) is 3.29. The second kappa shape index (κ2) is 4.20. The molecule has 0 radical (unpaired) electrons. The summed E-state index contributed by atoms with van der Waals surface area (Å²) < 4.78 is 26.4. The summed E-state index contributed by atoms with van der Waals surface area (Å²) >= 11 is 0. The smallest absolute Gasteiger partial charge is 0.149 e. The number of anilines is 1. The summed E-state index contributed by atoms with van der Waals surface area (Å²) in [5.74, 6) is -1.01. The van der Waals surface area contributed by atoms with Gasteiger partial charge in [-0.15, -0.1) is 0 Å². The Kier molecular flexibility index (Phi) is 2.88. The molecule has 1 unspecified atom stereocenters. The van der Waals surface area contributed by atoms with Crippen molar-refractivity contribution in [2.24, 2.45) is 0 Å². The van der Waals surface area contributed by atoms with Gasteiger partial charge in [0.05, 0.1) is 17.5 Å². The van der Waals surface area contributed by atoms with Gasteiger partial charge in [0.25, 0.3) is 0 Å². The fourth-order valence-electron chi connectivity index (χ4n) is 1.98. The molecule has 0 amide bonds. The van der Waals surface area contributed by atoms with Crippen molar-refractivity contribution in [1.29, 1.82) is 0 Å². The minimum atomic E-state index is -0.613. The van der Waals surface area contributed by atoms with Crippen molar-refractivity contribution in [3.8, 4) is 0 Å². The van der Waals surface area contributed by atoms with Crippen LogP contribution < -0.4 is 4.90 Å². The van der Waals surface area contributed by atoms with E-state index in [1.807, 2.05) is 6.92 Å². The molecule has 17 heavy (non-hydrogen) atoms. The van der Waals surface area contributed by atoms with Gasteiger partial charge in [0.15, 0.2) is 0 Å². The Morgan fingerprint density at radius 1 is 1.35 bits per heavy atom. The van der Waals surface area contributed by atoms with Gasteiger partial charge in [-0.05, 0) is 32.1 Å². The standard InChI is InChI=1S/C13H13F2NO/c1-8-11(9(2)17)5-6-16(8)13-4-3-10(14)7-12(13)15/h3-8,17H,1-2H3/b11-9+. The van der Waals surface area contributed by atoms with E-state index in [0.717, 1.165) is 11.6 Å². The molecular formula is C13H13F2NO. The van der Waals surface area contributed by atoms with Gasteiger partial charge in [0.2, 0.25) is 0 Å². The maximum Gasteiger partial charge on any atom is 0.149 e. The molecule has 0 bridgehead atoms. The van der Waals surface area contributed by atoms with Crippen LogP contribution in [-0.2, 0) is 0 Å². The third-order valence-electron chi connectivity index (χ3n) is 2.89. The number of nitrogens with zero attached hydrogens (tertiary/aromatic N) is 1. The monoisotopic (exact) mass is 237 g/mol. The molecule has 1 aromatic carbocycles. The first kappa shape index (κ1) is 11.6. The van der Waals surface area contributed by atoms with Crippen LogP contribution in [0.25, 0.3) is 0 Å². The van der Waals surface area contributed by atoms with Gasteiger partial charge in [-0.1, -0.05) is 0 Å². The molecular weight excluding hydrogens is 224 g/mol. The van der Waals surface area contributed by atoms with E-state index in [4.69, 9.17) is 0 Å². The van der Waals surface area contributed by atoms with Gasteiger partial charge in [0.1, 0.15) is 11.6 Å². The van der Waals surface area contributed by atoms with E-state index >= 15 is 0 Å². The lowest BCUT2D eigenvalue weighted by Crippen LogP contribution is -2.25. The predicted octanol–water partition coefficient (Wildman–Crippen LogP) is 3.52. The number of aliphatic hydroxyl groups excluding tert-OH is 1. The summed E-state index contributed by atoms with van der Waals surface area (Å²) in [5, 5.41) is 9.45. The largest absolute Gasteiger partial charge is 0.512 e. The third-order valence-corrected chi connectivity index (χ3v) is 2.89. The highest BCUT2D eigenvalue weighted by Crippen LogP contribution is 2.30. The van der Waals surface area contributed by atoms with Crippen LogP contribution >= 0.6 is 0 Å². The minimum absolute atomic E-state index is 0.167. The van der Waals surface area contributed by atoms with Gasteiger partial charge in [-0.25, -0.2) is 8.78 Å². The van der Waals surface area contributed by atoms with Crippen molar-refractivity contribution in [2.45, 2.75) is 19.9 Å². The quantitative estimate of drug-likeness (QED) is 0.755. The van der Waals surface area contributed by atoms with Gasteiger partial charge < -0.3 is 10.0 Å². The normalized spacial score (nSPS) is 22.1. The fraction of sp³-hybridized carbons (Fsp3) is 0.231. The molecule has 4 heteroatoms. The third kappa shape index (κ3) is 2.02. The van der Waals surface area contributed by atoms with Crippen LogP contribution in [0.15, 0.2) is 41.8 Å². The number of hydrogen-bond acceptors (Lipinski definition) is 2. The van der Waals surface area contributed by atoms with Crippen molar-refractivity contribution in [2.75, 3.05) is 4.90 Å². The lowest BCUT2D eigenvalue weighted by atomic mass is 10.1. The Morgan fingerprint density at radius 2 is 2.06 bits per heavy atom. The minimum Gasteiger partial charge on any atom is -0.512 e. The summed E-state index contributed by atoms with van der Waals surface area (Å²) in [6.45, 7) is 3.43. The molecule has 1 N–H and O–H groups in total. The van der Waals surface area contributed by atoms with E-state index in [-0.39, 0.29) is 11.8 Å². The Balaban J connectivity index is 2.38. The highest BCUT2D eigenvalue weighted by Gasteiger charge is 2.24. The van der Waals surface area contributed by atoms with Gasteiger partial charge >= 0.3 is 0 Å². The first-order chi connectivity index (χ1) is 8.00. The number of allylic oxidation sites excluding steroid dienone is 1. The van der Waals surface area contributed by atoms with Crippen LogP contribution in [0.2, 0.25) is 0 Å². The molecule has 2 rings (SSSR count). The molecule has 0 spiro atoms. The Hall–Kier alpha value is -1.84. The molecule has 1 aliphatic rings. The molecule has 0 fully saturated rings. The summed E-state index contributed by atoms with van der Waals surface area (Å²) in [7, 11) is 0. The van der Waals surface area contributed by atoms with Crippen LogP contribution in [0.3, 0.4) is 0 Å². The lowest BCUT2D eigenvalue weighted by molar-refractivity contribution is 0.405. The molecule has 0 aromatic heterocycles. The van der Waals surface area contributed by atoms with Crippen molar-refractivity contribution >= 4 is 5.69 Å². The highest BCUT2D eigenvalue weighted by molar-refractivity contribution is 5.58. The molecule has 0 aliphatic carbocycles. The lowest BCUT2D eigenvalue weighted by Gasteiger charge is -2.23. The summed E-state index contributed by atoms with van der Waals surface area (Å²) in [4.78, 5) is 1.66. The predicted molar refractivity (Wildman–Crippen MR) is 62.8 cm³/mol. The SMILES string of the molecule is C/C(O)=C1/C=CN(c2ccc(F)cc2F)C1C. The molecule has 2 nitrogen and oxygen atoms in total. The second-order valence-corrected chi connectivity index (χ2v) is 4.04. The maximum atomic E-state index is 13.6. The zero-order valence-electron chi connectivity index (χ0n) is 9.61. The fourth-order valence-corrected chi connectivity index (χ4v) is 1.98.